The Hall–Kier alpha value is -1.68. The first kappa shape index (κ1) is 13.3. The predicted octanol–water partition coefficient (Wildman–Crippen LogP) is 3.14. The van der Waals surface area contributed by atoms with Crippen LogP contribution < -0.4 is 0 Å². The maximum absolute atomic E-state index is 14.2. The van der Waals surface area contributed by atoms with Crippen molar-refractivity contribution < 1.29 is 4.39 Å². The third kappa shape index (κ3) is 2.24. The molecule has 20 heavy (non-hydrogen) atoms. The number of imidazole rings is 1. The van der Waals surface area contributed by atoms with E-state index < -0.39 is 0 Å². The summed E-state index contributed by atoms with van der Waals surface area (Å²) >= 11 is 0. The number of aryl methyl sites for hydroxylation is 2. The molecule has 1 aromatic carbocycles. The lowest BCUT2D eigenvalue weighted by atomic mass is 10.1. The van der Waals surface area contributed by atoms with Gasteiger partial charge in [-0.25, -0.2) is 9.37 Å². The van der Waals surface area contributed by atoms with Gasteiger partial charge in [-0.1, -0.05) is 6.07 Å². The Morgan fingerprint density at radius 2 is 2.00 bits per heavy atom. The topological polar surface area (TPSA) is 21.1 Å². The SMILES string of the molecule is Cc1ccc(-c2nc(C)c3n2CCCN(C)C3)c(F)c1. The second kappa shape index (κ2) is 5.02. The zero-order chi connectivity index (χ0) is 14.3. The average Bonchev–Trinajstić information content (AvgIpc) is 2.58. The Labute approximate surface area is 119 Å². The molecule has 0 aliphatic carbocycles. The second-order valence-corrected chi connectivity index (χ2v) is 5.69. The van der Waals surface area contributed by atoms with Crippen molar-refractivity contribution in [1.82, 2.24) is 14.5 Å². The minimum absolute atomic E-state index is 0.185. The van der Waals surface area contributed by atoms with Crippen LogP contribution in [-0.4, -0.2) is 28.0 Å². The molecule has 0 unspecified atom stereocenters. The van der Waals surface area contributed by atoms with E-state index in [0.29, 0.717) is 5.56 Å². The summed E-state index contributed by atoms with van der Waals surface area (Å²) in [6.07, 6.45) is 1.07. The summed E-state index contributed by atoms with van der Waals surface area (Å²) < 4.78 is 16.4. The van der Waals surface area contributed by atoms with E-state index in [4.69, 9.17) is 0 Å². The first-order chi connectivity index (χ1) is 9.56. The van der Waals surface area contributed by atoms with E-state index >= 15 is 0 Å². The van der Waals surface area contributed by atoms with E-state index in [1.807, 2.05) is 26.0 Å². The first-order valence-electron chi connectivity index (χ1n) is 7.07. The molecule has 1 aromatic heterocycles. The van der Waals surface area contributed by atoms with Crippen LogP contribution in [0.25, 0.3) is 11.4 Å². The fourth-order valence-corrected chi connectivity index (χ4v) is 2.89. The van der Waals surface area contributed by atoms with Crippen LogP contribution in [0.1, 0.15) is 23.4 Å². The largest absolute Gasteiger partial charge is 0.326 e. The maximum atomic E-state index is 14.2. The van der Waals surface area contributed by atoms with Crippen molar-refractivity contribution in [2.24, 2.45) is 0 Å². The van der Waals surface area contributed by atoms with E-state index in [-0.39, 0.29) is 5.82 Å². The summed E-state index contributed by atoms with van der Waals surface area (Å²) in [5.74, 6) is 0.584. The van der Waals surface area contributed by atoms with Gasteiger partial charge in [-0.15, -0.1) is 0 Å². The molecule has 0 spiro atoms. The lowest BCUT2D eigenvalue weighted by molar-refractivity contribution is 0.331. The minimum Gasteiger partial charge on any atom is -0.326 e. The van der Waals surface area contributed by atoms with Crippen LogP contribution in [-0.2, 0) is 13.1 Å². The number of rotatable bonds is 1. The normalized spacial score (nSPS) is 16.0. The van der Waals surface area contributed by atoms with Crippen LogP contribution in [0.5, 0.6) is 0 Å². The molecule has 1 aliphatic heterocycles. The van der Waals surface area contributed by atoms with Gasteiger partial charge in [0, 0.05) is 13.1 Å². The first-order valence-corrected chi connectivity index (χ1v) is 7.07. The van der Waals surface area contributed by atoms with Gasteiger partial charge < -0.3 is 9.47 Å². The molecule has 2 aromatic rings. The fourth-order valence-electron chi connectivity index (χ4n) is 2.89. The van der Waals surface area contributed by atoms with Gasteiger partial charge in [-0.05, 0) is 51.6 Å². The number of aromatic nitrogens is 2. The number of hydrogen-bond donors (Lipinski definition) is 0. The lowest BCUT2D eigenvalue weighted by Crippen LogP contribution is -2.17. The molecule has 1 aliphatic rings. The predicted molar refractivity (Wildman–Crippen MR) is 78.0 cm³/mol. The van der Waals surface area contributed by atoms with Gasteiger partial charge in [0.1, 0.15) is 11.6 Å². The molecule has 0 fully saturated rings. The highest BCUT2D eigenvalue weighted by molar-refractivity contribution is 5.58. The van der Waals surface area contributed by atoms with Crippen LogP contribution in [0.3, 0.4) is 0 Å². The third-order valence-corrected chi connectivity index (χ3v) is 3.98. The molecule has 3 rings (SSSR count). The zero-order valence-corrected chi connectivity index (χ0v) is 12.3. The Balaban J connectivity index is 2.13. The zero-order valence-electron chi connectivity index (χ0n) is 12.3. The highest BCUT2D eigenvalue weighted by atomic mass is 19.1. The van der Waals surface area contributed by atoms with Crippen LogP contribution in [0.15, 0.2) is 18.2 Å². The van der Waals surface area contributed by atoms with E-state index in [1.165, 1.54) is 5.69 Å². The number of nitrogens with zero attached hydrogens (tertiary/aromatic N) is 3. The summed E-state index contributed by atoms with van der Waals surface area (Å²) in [5.41, 5.74) is 3.76. The van der Waals surface area contributed by atoms with Crippen molar-refractivity contribution in [2.75, 3.05) is 13.6 Å². The highest BCUT2D eigenvalue weighted by Gasteiger charge is 2.21. The van der Waals surface area contributed by atoms with Crippen molar-refractivity contribution in [1.29, 1.82) is 0 Å². The molecule has 0 saturated heterocycles. The molecule has 0 amide bonds. The Morgan fingerprint density at radius 1 is 1.20 bits per heavy atom. The van der Waals surface area contributed by atoms with Crippen LogP contribution in [0.4, 0.5) is 4.39 Å². The van der Waals surface area contributed by atoms with Crippen molar-refractivity contribution in [3.63, 3.8) is 0 Å². The summed E-state index contributed by atoms with van der Waals surface area (Å²) in [4.78, 5) is 6.92. The van der Waals surface area contributed by atoms with Gasteiger partial charge in [0.25, 0.3) is 0 Å². The van der Waals surface area contributed by atoms with Crippen LogP contribution in [0, 0.1) is 19.7 Å². The molecular formula is C16H20FN3. The Kier molecular flexibility index (Phi) is 3.34. The second-order valence-electron chi connectivity index (χ2n) is 5.69. The van der Waals surface area contributed by atoms with Gasteiger partial charge in [0.2, 0.25) is 0 Å². The average molecular weight is 273 g/mol. The van der Waals surface area contributed by atoms with E-state index in [0.717, 1.165) is 43.1 Å². The third-order valence-electron chi connectivity index (χ3n) is 3.98. The van der Waals surface area contributed by atoms with Crippen molar-refractivity contribution in [3.8, 4) is 11.4 Å². The van der Waals surface area contributed by atoms with Gasteiger partial charge in [0.05, 0.1) is 17.0 Å². The molecule has 4 heteroatoms. The minimum atomic E-state index is -0.185. The monoisotopic (exact) mass is 273 g/mol. The Morgan fingerprint density at radius 3 is 2.75 bits per heavy atom. The standard InChI is InChI=1S/C16H20FN3/c1-11-5-6-13(14(17)9-11)16-18-12(2)15-10-19(3)7-4-8-20(15)16/h5-6,9H,4,7-8,10H2,1-3H3. The molecule has 0 radical (unpaired) electrons. The number of hydrogen-bond acceptors (Lipinski definition) is 2. The number of benzene rings is 1. The van der Waals surface area contributed by atoms with E-state index in [2.05, 4.69) is 21.5 Å². The maximum Gasteiger partial charge on any atom is 0.143 e. The van der Waals surface area contributed by atoms with Crippen LogP contribution >= 0.6 is 0 Å². The van der Waals surface area contributed by atoms with Gasteiger partial charge in [0.15, 0.2) is 0 Å². The smallest absolute Gasteiger partial charge is 0.143 e. The molecule has 0 N–H and O–H groups in total. The summed E-state index contributed by atoms with van der Waals surface area (Å²) in [6, 6.07) is 5.36. The number of halogens is 1. The highest BCUT2D eigenvalue weighted by Crippen LogP contribution is 2.27. The van der Waals surface area contributed by atoms with Crippen molar-refractivity contribution in [3.05, 3.63) is 41.0 Å². The van der Waals surface area contributed by atoms with Gasteiger partial charge >= 0.3 is 0 Å². The molecule has 0 bridgehead atoms. The molecular weight excluding hydrogens is 253 g/mol. The van der Waals surface area contributed by atoms with Crippen LogP contribution in [0.2, 0.25) is 0 Å². The van der Waals surface area contributed by atoms with Crippen molar-refractivity contribution >= 4 is 0 Å². The van der Waals surface area contributed by atoms with E-state index in [1.54, 1.807) is 6.07 Å². The molecule has 0 saturated carbocycles. The molecule has 106 valence electrons. The summed E-state index contributed by atoms with van der Waals surface area (Å²) in [6.45, 7) is 6.77. The van der Waals surface area contributed by atoms with Crippen molar-refractivity contribution in [2.45, 2.75) is 33.4 Å². The van der Waals surface area contributed by atoms with Gasteiger partial charge in [-0.3, -0.25) is 0 Å². The summed E-state index contributed by atoms with van der Waals surface area (Å²) in [5, 5.41) is 0. The van der Waals surface area contributed by atoms with E-state index in [9.17, 15) is 4.39 Å². The molecule has 2 heterocycles. The molecule has 0 atom stereocenters. The molecule has 3 nitrogen and oxygen atoms in total. The lowest BCUT2D eigenvalue weighted by Gasteiger charge is -2.12. The van der Waals surface area contributed by atoms with Gasteiger partial charge in [-0.2, -0.15) is 0 Å². The number of fused-ring (bicyclic) bond motifs is 1. The fraction of sp³-hybridized carbons (Fsp3) is 0.438. The Bertz CT molecular complexity index is 645. The summed E-state index contributed by atoms with van der Waals surface area (Å²) in [7, 11) is 2.12. The quantitative estimate of drug-likeness (QED) is 0.796.